The van der Waals surface area contributed by atoms with Gasteiger partial charge in [0.2, 0.25) is 5.91 Å². The maximum absolute atomic E-state index is 11.9. The molecule has 0 radical (unpaired) electrons. The molecule has 3 heteroatoms. The molecule has 0 saturated heterocycles. The Hall–Kier alpha value is -0.240. The normalized spacial score (nSPS) is 41.3. The van der Waals surface area contributed by atoms with Crippen LogP contribution in [0.5, 0.6) is 0 Å². The van der Waals surface area contributed by atoms with Crippen LogP contribution in [-0.4, -0.2) is 17.8 Å². The van der Waals surface area contributed by atoms with E-state index in [-0.39, 0.29) is 5.91 Å². The first-order chi connectivity index (χ1) is 9.11. The highest BCUT2D eigenvalue weighted by atomic mass is 35.5. The van der Waals surface area contributed by atoms with E-state index in [4.69, 9.17) is 11.6 Å². The van der Waals surface area contributed by atoms with Gasteiger partial charge in [-0.1, -0.05) is 0 Å². The second kappa shape index (κ2) is 5.27. The van der Waals surface area contributed by atoms with Gasteiger partial charge in [0, 0.05) is 18.3 Å². The average Bonchev–Trinajstić information content (AvgIpc) is 2.34. The summed E-state index contributed by atoms with van der Waals surface area (Å²) in [6.45, 7) is 2.24. The molecule has 1 unspecified atom stereocenters. The fraction of sp³-hybridized carbons (Fsp3) is 0.938. The van der Waals surface area contributed by atoms with Crippen LogP contribution in [0.15, 0.2) is 0 Å². The number of amides is 1. The molecule has 0 aromatic rings. The van der Waals surface area contributed by atoms with Crippen molar-refractivity contribution >= 4 is 17.5 Å². The van der Waals surface area contributed by atoms with Gasteiger partial charge in [-0.2, -0.15) is 0 Å². The van der Waals surface area contributed by atoms with Crippen LogP contribution in [0.4, 0.5) is 0 Å². The lowest BCUT2D eigenvalue weighted by atomic mass is 9.48. The quantitative estimate of drug-likeness (QED) is 0.766. The number of halogens is 1. The van der Waals surface area contributed by atoms with Crippen LogP contribution in [0.25, 0.3) is 0 Å². The summed E-state index contributed by atoms with van der Waals surface area (Å²) in [6, 6.07) is 0.351. The van der Waals surface area contributed by atoms with Crippen LogP contribution < -0.4 is 5.32 Å². The first-order valence-electron chi connectivity index (χ1n) is 7.96. The van der Waals surface area contributed by atoms with E-state index >= 15 is 0 Å². The van der Waals surface area contributed by atoms with Gasteiger partial charge in [-0.25, -0.2) is 0 Å². The molecule has 1 amide bonds. The Kier molecular flexibility index (Phi) is 3.81. The van der Waals surface area contributed by atoms with Crippen molar-refractivity contribution in [2.45, 2.75) is 64.3 Å². The third kappa shape index (κ3) is 2.66. The molecule has 4 rings (SSSR count). The van der Waals surface area contributed by atoms with Crippen molar-refractivity contribution in [2.24, 2.45) is 23.2 Å². The predicted octanol–water partition coefficient (Wildman–Crippen LogP) is 3.73. The van der Waals surface area contributed by atoms with Gasteiger partial charge < -0.3 is 5.32 Å². The number of alkyl halides is 1. The van der Waals surface area contributed by atoms with E-state index in [9.17, 15) is 4.79 Å². The summed E-state index contributed by atoms with van der Waals surface area (Å²) in [5.41, 5.74) is 0.422. The Morgan fingerprint density at radius 3 is 2.21 bits per heavy atom. The van der Waals surface area contributed by atoms with E-state index in [1.54, 1.807) is 0 Å². The van der Waals surface area contributed by atoms with E-state index in [0.717, 1.165) is 24.2 Å². The van der Waals surface area contributed by atoms with Gasteiger partial charge in [0.05, 0.1) is 0 Å². The first kappa shape index (κ1) is 13.7. The SMILES string of the molecule is CC(NC(=O)CCCCl)C12CC3CC(CC(C3)C1)C2. The molecule has 0 aromatic heterocycles. The summed E-state index contributed by atoms with van der Waals surface area (Å²) in [4.78, 5) is 11.9. The molecule has 4 saturated carbocycles. The highest BCUT2D eigenvalue weighted by molar-refractivity contribution is 6.17. The Balaban J connectivity index is 1.63. The van der Waals surface area contributed by atoms with Crippen molar-refractivity contribution in [1.29, 1.82) is 0 Å². The van der Waals surface area contributed by atoms with Crippen molar-refractivity contribution in [3.63, 3.8) is 0 Å². The first-order valence-corrected chi connectivity index (χ1v) is 8.50. The van der Waals surface area contributed by atoms with E-state index in [1.165, 1.54) is 38.5 Å². The zero-order valence-electron chi connectivity index (χ0n) is 12.0. The van der Waals surface area contributed by atoms with Crippen molar-refractivity contribution < 1.29 is 4.79 Å². The Bertz CT molecular complexity index is 319. The average molecular weight is 284 g/mol. The molecule has 2 nitrogen and oxygen atoms in total. The molecule has 0 aromatic carbocycles. The van der Waals surface area contributed by atoms with Crippen LogP contribution in [0, 0.1) is 23.2 Å². The van der Waals surface area contributed by atoms with Crippen molar-refractivity contribution in [2.75, 3.05) is 5.88 Å². The Morgan fingerprint density at radius 2 is 1.74 bits per heavy atom. The summed E-state index contributed by atoms with van der Waals surface area (Å²) < 4.78 is 0. The predicted molar refractivity (Wildman–Crippen MR) is 78.2 cm³/mol. The third-order valence-corrected chi connectivity index (χ3v) is 6.19. The molecule has 19 heavy (non-hydrogen) atoms. The summed E-state index contributed by atoms with van der Waals surface area (Å²) >= 11 is 5.66. The highest BCUT2D eigenvalue weighted by Crippen LogP contribution is 2.61. The standard InChI is InChI=1S/C16H26ClNO/c1-11(18-15(19)3-2-4-17)16-8-12-5-13(9-16)7-14(6-12)10-16/h11-14H,2-10H2,1H3,(H,18,19). The number of rotatable bonds is 5. The van der Waals surface area contributed by atoms with Crippen LogP contribution in [0.1, 0.15) is 58.3 Å². The molecular formula is C16H26ClNO. The molecule has 1 N–H and O–H groups in total. The minimum Gasteiger partial charge on any atom is -0.353 e. The van der Waals surface area contributed by atoms with Gasteiger partial charge in [-0.15, -0.1) is 11.6 Å². The largest absolute Gasteiger partial charge is 0.353 e. The lowest BCUT2D eigenvalue weighted by molar-refractivity contribution is -0.125. The molecular weight excluding hydrogens is 258 g/mol. The summed E-state index contributed by atoms with van der Waals surface area (Å²) in [5.74, 6) is 3.64. The number of hydrogen-bond donors (Lipinski definition) is 1. The topological polar surface area (TPSA) is 29.1 Å². The molecule has 4 fully saturated rings. The second-order valence-corrected chi connectivity index (χ2v) is 7.74. The zero-order valence-corrected chi connectivity index (χ0v) is 12.7. The zero-order chi connectivity index (χ0) is 13.5. The van der Waals surface area contributed by atoms with Crippen molar-refractivity contribution in [3.8, 4) is 0 Å². The van der Waals surface area contributed by atoms with Gasteiger partial charge in [0.1, 0.15) is 0 Å². The maximum Gasteiger partial charge on any atom is 0.220 e. The van der Waals surface area contributed by atoms with Gasteiger partial charge in [-0.3, -0.25) is 4.79 Å². The van der Waals surface area contributed by atoms with Gasteiger partial charge in [0.25, 0.3) is 0 Å². The third-order valence-electron chi connectivity index (χ3n) is 5.92. The van der Waals surface area contributed by atoms with Gasteiger partial charge >= 0.3 is 0 Å². The van der Waals surface area contributed by atoms with Crippen LogP contribution >= 0.6 is 11.6 Å². The van der Waals surface area contributed by atoms with Crippen molar-refractivity contribution in [3.05, 3.63) is 0 Å². The number of nitrogens with one attached hydrogen (secondary N) is 1. The van der Waals surface area contributed by atoms with E-state index < -0.39 is 0 Å². The summed E-state index contributed by atoms with van der Waals surface area (Å²) in [6.07, 6.45) is 9.84. The fourth-order valence-corrected chi connectivity index (χ4v) is 5.54. The van der Waals surface area contributed by atoms with Crippen LogP contribution in [0.2, 0.25) is 0 Å². The lowest BCUT2D eigenvalue weighted by Crippen LogP contribution is -2.55. The van der Waals surface area contributed by atoms with Crippen molar-refractivity contribution in [1.82, 2.24) is 5.32 Å². The molecule has 0 aliphatic heterocycles. The molecule has 0 spiro atoms. The molecule has 4 aliphatic carbocycles. The smallest absolute Gasteiger partial charge is 0.220 e. The van der Waals surface area contributed by atoms with Gasteiger partial charge in [-0.05, 0) is 75.0 Å². The molecule has 4 aliphatic rings. The van der Waals surface area contributed by atoms with Gasteiger partial charge in [0.15, 0.2) is 0 Å². The minimum absolute atomic E-state index is 0.198. The minimum atomic E-state index is 0.198. The number of hydrogen-bond acceptors (Lipinski definition) is 1. The fourth-order valence-electron chi connectivity index (χ4n) is 5.40. The molecule has 1 atom stereocenters. The number of carbonyl (C=O) groups excluding carboxylic acids is 1. The Labute approximate surface area is 121 Å². The summed E-state index contributed by atoms with van der Waals surface area (Å²) in [5, 5.41) is 3.27. The van der Waals surface area contributed by atoms with Crippen LogP contribution in [0.3, 0.4) is 0 Å². The Morgan fingerprint density at radius 1 is 1.21 bits per heavy atom. The lowest BCUT2D eigenvalue weighted by Gasteiger charge is -2.59. The molecule has 0 heterocycles. The maximum atomic E-state index is 11.9. The van der Waals surface area contributed by atoms with E-state index in [0.29, 0.717) is 23.8 Å². The second-order valence-electron chi connectivity index (χ2n) is 7.36. The monoisotopic (exact) mass is 283 g/mol. The molecule has 108 valence electrons. The van der Waals surface area contributed by atoms with Crippen LogP contribution in [-0.2, 0) is 4.79 Å². The molecule has 4 bridgehead atoms. The number of carbonyl (C=O) groups is 1. The van der Waals surface area contributed by atoms with E-state index in [1.807, 2.05) is 0 Å². The van der Waals surface area contributed by atoms with E-state index in [2.05, 4.69) is 12.2 Å². The highest BCUT2D eigenvalue weighted by Gasteiger charge is 2.53. The summed E-state index contributed by atoms with van der Waals surface area (Å²) in [7, 11) is 0.